The van der Waals surface area contributed by atoms with Gasteiger partial charge in [-0.1, -0.05) is 0 Å². The summed E-state index contributed by atoms with van der Waals surface area (Å²) < 4.78 is 4.78. The normalized spacial score (nSPS) is 9.62. The maximum atomic E-state index is 10.9. The minimum Gasteiger partial charge on any atom is -0.466 e. The molecule has 0 aliphatic carbocycles. The minimum atomic E-state index is -0.187. The van der Waals surface area contributed by atoms with Gasteiger partial charge in [-0.25, -0.2) is 0 Å². The van der Waals surface area contributed by atoms with Crippen molar-refractivity contribution in [2.75, 3.05) is 6.61 Å². The average molecular weight is 180 g/mol. The highest BCUT2D eigenvalue weighted by Gasteiger charge is 2.02. The molecule has 0 N–H and O–H groups in total. The van der Waals surface area contributed by atoms with Crippen LogP contribution in [0.4, 0.5) is 0 Å². The van der Waals surface area contributed by atoms with Crippen LogP contribution in [-0.4, -0.2) is 22.5 Å². The lowest BCUT2D eigenvalue weighted by Gasteiger charge is -2.00. The van der Waals surface area contributed by atoms with Crippen LogP contribution < -0.4 is 0 Å². The Balaban J connectivity index is 2.31. The number of ether oxygens (including phenoxy) is 1. The molecule has 0 unspecified atom stereocenters. The van der Waals surface area contributed by atoms with Gasteiger partial charge in [-0.2, -0.15) is 0 Å². The molecule has 0 fully saturated rings. The van der Waals surface area contributed by atoms with Crippen molar-refractivity contribution in [1.82, 2.24) is 9.97 Å². The Bertz CT molecular complexity index is 262. The predicted molar refractivity (Wildman–Crippen MR) is 47.0 cm³/mol. The molecule has 0 aliphatic heterocycles. The van der Waals surface area contributed by atoms with Gasteiger partial charge in [0.1, 0.15) is 0 Å². The molecule has 0 saturated carbocycles. The summed E-state index contributed by atoms with van der Waals surface area (Å²) in [7, 11) is 0. The molecule has 0 amide bonds. The number of aryl methyl sites for hydroxylation is 1. The molecule has 1 heterocycles. The van der Waals surface area contributed by atoms with Crippen LogP contribution in [0.1, 0.15) is 19.0 Å². The number of esters is 1. The van der Waals surface area contributed by atoms with Crippen LogP contribution >= 0.6 is 0 Å². The first kappa shape index (κ1) is 9.64. The van der Waals surface area contributed by atoms with Crippen LogP contribution in [0, 0.1) is 0 Å². The quantitative estimate of drug-likeness (QED) is 0.648. The molecular weight excluding hydrogens is 168 g/mol. The molecule has 0 aromatic carbocycles. The summed E-state index contributed by atoms with van der Waals surface area (Å²) in [5.41, 5.74) is 0.815. The minimum absolute atomic E-state index is 0.187. The van der Waals surface area contributed by atoms with Gasteiger partial charge in [-0.15, -0.1) is 0 Å². The summed E-state index contributed by atoms with van der Waals surface area (Å²) in [5, 5.41) is 0. The molecule has 0 radical (unpaired) electrons. The lowest BCUT2D eigenvalue weighted by atomic mass is 10.2. The number of hydrogen-bond donors (Lipinski definition) is 0. The van der Waals surface area contributed by atoms with Crippen molar-refractivity contribution in [1.29, 1.82) is 0 Å². The van der Waals surface area contributed by atoms with Crippen LogP contribution in [0.2, 0.25) is 0 Å². The van der Waals surface area contributed by atoms with E-state index in [0.29, 0.717) is 19.4 Å². The summed E-state index contributed by atoms with van der Waals surface area (Å²) in [6.07, 6.45) is 5.83. The lowest BCUT2D eigenvalue weighted by molar-refractivity contribution is -0.143. The molecule has 13 heavy (non-hydrogen) atoms. The van der Waals surface area contributed by atoms with Gasteiger partial charge in [0.25, 0.3) is 0 Å². The number of nitrogens with zero attached hydrogens (tertiary/aromatic N) is 2. The fraction of sp³-hybridized carbons (Fsp3) is 0.444. The van der Waals surface area contributed by atoms with Gasteiger partial charge in [-0.05, 0) is 6.92 Å². The van der Waals surface area contributed by atoms with E-state index in [1.165, 1.54) is 0 Å². The molecular formula is C9H12N2O2. The van der Waals surface area contributed by atoms with E-state index >= 15 is 0 Å². The van der Waals surface area contributed by atoms with E-state index in [1.807, 2.05) is 0 Å². The largest absolute Gasteiger partial charge is 0.466 e. The third kappa shape index (κ3) is 3.64. The average Bonchev–Trinajstić information content (AvgIpc) is 2.17. The summed E-state index contributed by atoms with van der Waals surface area (Å²) in [4.78, 5) is 18.9. The van der Waals surface area contributed by atoms with Crippen molar-refractivity contribution >= 4 is 5.97 Å². The second kappa shape index (κ2) is 5.24. The van der Waals surface area contributed by atoms with Gasteiger partial charge in [-0.3, -0.25) is 14.8 Å². The Hall–Kier alpha value is -1.45. The van der Waals surface area contributed by atoms with E-state index in [0.717, 1.165) is 5.69 Å². The maximum absolute atomic E-state index is 10.9. The SMILES string of the molecule is CCOC(=O)CCc1cnccn1. The summed E-state index contributed by atoms with van der Waals surface area (Å²) in [6, 6.07) is 0. The van der Waals surface area contributed by atoms with Gasteiger partial charge < -0.3 is 4.74 Å². The molecule has 1 aromatic heterocycles. The fourth-order valence-corrected chi connectivity index (χ4v) is 0.922. The Kier molecular flexibility index (Phi) is 3.88. The number of carbonyl (C=O) groups excluding carboxylic acids is 1. The molecule has 1 rings (SSSR count). The molecule has 1 aromatic rings. The van der Waals surface area contributed by atoms with Crippen molar-refractivity contribution in [3.05, 3.63) is 24.3 Å². The molecule has 4 heteroatoms. The first-order valence-corrected chi connectivity index (χ1v) is 4.23. The smallest absolute Gasteiger partial charge is 0.306 e. The second-order valence-corrected chi connectivity index (χ2v) is 2.50. The molecule has 0 bridgehead atoms. The first-order valence-electron chi connectivity index (χ1n) is 4.23. The van der Waals surface area contributed by atoms with Crippen LogP contribution in [0.15, 0.2) is 18.6 Å². The predicted octanol–water partition coefficient (Wildman–Crippen LogP) is 0.972. The second-order valence-electron chi connectivity index (χ2n) is 2.50. The van der Waals surface area contributed by atoms with Crippen molar-refractivity contribution in [2.24, 2.45) is 0 Å². The lowest BCUT2D eigenvalue weighted by Crippen LogP contribution is -2.05. The standard InChI is InChI=1S/C9H12N2O2/c1-2-13-9(12)4-3-8-7-10-5-6-11-8/h5-7H,2-4H2,1H3. The molecule has 0 aliphatic rings. The highest BCUT2D eigenvalue weighted by atomic mass is 16.5. The maximum Gasteiger partial charge on any atom is 0.306 e. The first-order chi connectivity index (χ1) is 6.33. The van der Waals surface area contributed by atoms with Crippen molar-refractivity contribution < 1.29 is 9.53 Å². The van der Waals surface area contributed by atoms with E-state index in [2.05, 4.69) is 9.97 Å². The molecule has 70 valence electrons. The monoisotopic (exact) mass is 180 g/mol. The third-order valence-electron chi connectivity index (χ3n) is 1.51. The van der Waals surface area contributed by atoms with Crippen LogP contribution in [0.25, 0.3) is 0 Å². The van der Waals surface area contributed by atoms with Gasteiger partial charge in [0.2, 0.25) is 0 Å². The van der Waals surface area contributed by atoms with Gasteiger partial charge in [0.05, 0.1) is 18.7 Å². The van der Waals surface area contributed by atoms with Crippen LogP contribution in [0.3, 0.4) is 0 Å². The molecule has 0 atom stereocenters. The highest BCUT2D eigenvalue weighted by molar-refractivity contribution is 5.69. The van der Waals surface area contributed by atoms with E-state index in [9.17, 15) is 4.79 Å². The Morgan fingerprint density at radius 3 is 3.00 bits per heavy atom. The van der Waals surface area contributed by atoms with Crippen molar-refractivity contribution in [2.45, 2.75) is 19.8 Å². The van der Waals surface area contributed by atoms with Gasteiger partial charge in [0.15, 0.2) is 0 Å². The summed E-state index contributed by atoms with van der Waals surface area (Å²) in [5.74, 6) is -0.187. The summed E-state index contributed by atoms with van der Waals surface area (Å²) >= 11 is 0. The number of rotatable bonds is 4. The Morgan fingerprint density at radius 2 is 2.38 bits per heavy atom. The third-order valence-corrected chi connectivity index (χ3v) is 1.51. The van der Waals surface area contributed by atoms with Crippen LogP contribution in [0.5, 0.6) is 0 Å². The number of aromatic nitrogens is 2. The Morgan fingerprint density at radius 1 is 1.54 bits per heavy atom. The Labute approximate surface area is 77.0 Å². The number of carbonyl (C=O) groups is 1. The zero-order chi connectivity index (χ0) is 9.52. The van der Waals surface area contributed by atoms with E-state index in [4.69, 9.17) is 4.74 Å². The number of hydrogen-bond acceptors (Lipinski definition) is 4. The van der Waals surface area contributed by atoms with Crippen LogP contribution in [-0.2, 0) is 16.0 Å². The highest BCUT2D eigenvalue weighted by Crippen LogP contribution is 1.97. The molecule has 0 spiro atoms. The zero-order valence-electron chi connectivity index (χ0n) is 7.56. The zero-order valence-corrected chi connectivity index (χ0v) is 7.56. The topological polar surface area (TPSA) is 52.1 Å². The summed E-state index contributed by atoms with van der Waals surface area (Å²) in [6.45, 7) is 2.22. The van der Waals surface area contributed by atoms with E-state index in [-0.39, 0.29) is 5.97 Å². The molecule has 4 nitrogen and oxygen atoms in total. The fourth-order valence-electron chi connectivity index (χ4n) is 0.922. The van der Waals surface area contributed by atoms with Gasteiger partial charge in [0, 0.05) is 25.0 Å². The van der Waals surface area contributed by atoms with Gasteiger partial charge >= 0.3 is 5.97 Å². The van der Waals surface area contributed by atoms with E-state index in [1.54, 1.807) is 25.5 Å². The van der Waals surface area contributed by atoms with Crippen molar-refractivity contribution in [3.8, 4) is 0 Å². The van der Waals surface area contributed by atoms with Crippen molar-refractivity contribution in [3.63, 3.8) is 0 Å². The molecule has 0 saturated heterocycles. The van der Waals surface area contributed by atoms with E-state index < -0.39 is 0 Å².